The molecule has 0 radical (unpaired) electrons. The second kappa shape index (κ2) is 7.01. The summed E-state index contributed by atoms with van der Waals surface area (Å²) in [4.78, 5) is 40.4. The number of Topliss-reactive ketones (excluding diaryl/α,β-unsaturated/α-hetero) is 1. The molecule has 29 heavy (non-hydrogen) atoms. The highest BCUT2D eigenvalue weighted by Gasteiger charge is 2.54. The number of amides is 1. The molecule has 6 rings (SSSR count). The molecule has 1 aromatic carbocycles. The molecule has 0 saturated heterocycles. The summed E-state index contributed by atoms with van der Waals surface area (Å²) in [5, 5.41) is 3.61. The number of hydrogen-bond donors (Lipinski definition) is 2. The second-order valence-corrected chi connectivity index (χ2v) is 9.21. The second-order valence-electron chi connectivity index (χ2n) is 9.21. The Labute approximate surface area is 169 Å². The maximum Gasteiger partial charge on any atom is 0.325 e. The van der Waals surface area contributed by atoms with Gasteiger partial charge in [0.05, 0.1) is 0 Å². The Hall–Kier alpha value is -2.63. The van der Waals surface area contributed by atoms with Gasteiger partial charge in [-0.2, -0.15) is 0 Å². The van der Waals surface area contributed by atoms with Crippen molar-refractivity contribution in [2.75, 3.05) is 13.2 Å². The fourth-order valence-electron chi connectivity index (χ4n) is 6.31. The van der Waals surface area contributed by atoms with Crippen LogP contribution in [0.25, 0.3) is 10.9 Å². The van der Waals surface area contributed by atoms with E-state index in [4.69, 9.17) is 4.74 Å². The van der Waals surface area contributed by atoms with Gasteiger partial charge in [0.1, 0.15) is 6.54 Å². The van der Waals surface area contributed by atoms with Crippen LogP contribution in [0.4, 0.5) is 0 Å². The monoisotopic (exact) mass is 394 g/mol. The standard InChI is InChI=1S/C23H26N2O4/c26-20(18-11-24-19-4-2-1-3-17(18)19)13-29-21(27)12-25-22(28)23-8-14-5-15(9-23)7-16(6-14)10-23/h1-4,11,14-16,24H,5-10,12-13H2,(H,25,28). The first-order valence-electron chi connectivity index (χ1n) is 10.6. The molecule has 6 nitrogen and oxygen atoms in total. The minimum atomic E-state index is -0.573. The largest absolute Gasteiger partial charge is 0.456 e. The number of carbonyl (C=O) groups is 3. The molecular formula is C23H26N2O4. The molecule has 4 aliphatic carbocycles. The van der Waals surface area contributed by atoms with Crippen LogP contribution in [0.1, 0.15) is 48.9 Å². The number of rotatable bonds is 6. The van der Waals surface area contributed by atoms with E-state index in [2.05, 4.69) is 10.3 Å². The van der Waals surface area contributed by atoms with Gasteiger partial charge in [-0.15, -0.1) is 0 Å². The predicted molar refractivity (Wildman–Crippen MR) is 107 cm³/mol. The first kappa shape index (κ1) is 18.4. The van der Waals surface area contributed by atoms with Crippen LogP contribution >= 0.6 is 0 Å². The Morgan fingerprint density at radius 3 is 2.38 bits per heavy atom. The van der Waals surface area contributed by atoms with E-state index in [1.807, 2.05) is 24.3 Å². The lowest BCUT2D eigenvalue weighted by Crippen LogP contribution is -2.54. The van der Waals surface area contributed by atoms with Crippen molar-refractivity contribution in [1.29, 1.82) is 0 Å². The SMILES string of the molecule is O=C(CNC(=O)C12CC3CC(CC(C3)C1)C2)OCC(=O)c1c[nH]c2ccccc12. The van der Waals surface area contributed by atoms with Gasteiger partial charge < -0.3 is 15.0 Å². The van der Waals surface area contributed by atoms with Crippen LogP contribution in [-0.4, -0.2) is 35.8 Å². The summed E-state index contributed by atoms with van der Waals surface area (Å²) in [5.41, 5.74) is 1.09. The third-order valence-corrected chi connectivity index (χ3v) is 7.17. The number of hydrogen-bond acceptors (Lipinski definition) is 4. The van der Waals surface area contributed by atoms with Crippen LogP contribution in [0.15, 0.2) is 30.5 Å². The molecule has 2 N–H and O–H groups in total. The average Bonchev–Trinajstić information content (AvgIpc) is 3.13. The topological polar surface area (TPSA) is 88.3 Å². The summed E-state index contributed by atoms with van der Waals surface area (Å²) >= 11 is 0. The fourth-order valence-corrected chi connectivity index (χ4v) is 6.31. The van der Waals surface area contributed by atoms with Gasteiger partial charge in [-0.25, -0.2) is 0 Å². The maximum atomic E-state index is 12.9. The summed E-state index contributed by atoms with van der Waals surface area (Å²) in [6.45, 7) is -0.504. The highest BCUT2D eigenvalue weighted by atomic mass is 16.5. The van der Waals surface area contributed by atoms with E-state index < -0.39 is 5.97 Å². The molecule has 1 heterocycles. The van der Waals surface area contributed by atoms with Crippen LogP contribution in [-0.2, 0) is 14.3 Å². The van der Waals surface area contributed by atoms with E-state index in [1.54, 1.807) is 6.20 Å². The molecule has 2 aromatic rings. The van der Waals surface area contributed by atoms with Crippen molar-refractivity contribution in [2.24, 2.45) is 23.2 Å². The third kappa shape index (κ3) is 3.34. The zero-order valence-electron chi connectivity index (χ0n) is 16.4. The van der Waals surface area contributed by atoms with E-state index in [9.17, 15) is 14.4 Å². The number of esters is 1. The number of benzene rings is 1. The molecule has 4 bridgehead atoms. The minimum Gasteiger partial charge on any atom is -0.456 e. The van der Waals surface area contributed by atoms with Crippen molar-refractivity contribution in [3.8, 4) is 0 Å². The Morgan fingerprint density at radius 1 is 1.03 bits per heavy atom. The highest BCUT2D eigenvalue weighted by molar-refractivity contribution is 6.08. The number of nitrogens with one attached hydrogen (secondary N) is 2. The van der Waals surface area contributed by atoms with Gasteiger partial charge in [0.2, 0.25) is 11.7 Å². The first-order chi connectivity index (χ1) is 14.0. The molecule has 6 heteroatoms. The smallest absolute Gasteiger partial charge is 0.325 e. The van der Waals surface area contributed by atoms with Crippen molar-refractivity contribution in [3.63, 3.8) is 0 Å². The fraction of sp³-hybridized carbons (Fsp3) is 0.522. The summed E-state index contributed by atoms with van der Waals surface area (Å²) < 4.78 is 5.13. The van der Waals surface area contributed by atoms with Crippen molar-refractivity contribution in [1.82, 2.24) is 10.3 Å². The lowest BCUT2D eigenvalue weighted by atomic mass is 9.49. The molecule has 4 aliphatic rings. The summed E-state index contributed by atoms with van der Waals surface area (Å²) in [5.74, 6) is 1.18. The molecule has 0 aliphatic heterocycles. The van der Waals surface area contributed by atoms with Gasteiger partial charge in [0.15, 0.2) is 6.61 Å². The van der Waals surface area contributed by atoms with E-state index in [-0.39, 0.29) is 30.3 Å². The molecule has 0 unspecified atom stereocenters. The highest BCUT2D eigenvalue weighted by Crippen LogP contribution is 2.60. The zero-order valence-corrected chi connectivity index (χ0v) is 16.4. The summed E-state index contributed by atoms with van der Waals surface area (Å²) in [6, 6.07) is 7.49. The normalized spacial score (nSPS) is 29.7. The predicted octanol–water partition coefficient (Wildman–Crippen LogP) is 3.23. The van der Waals surface area contributed by atoms with E-state index in [1.165, 1.54) is 19.3 Å². The van der Waals surface area contributed by atoms with E-state index in [0.717, 1.165) is 30.2 Å². The van der Waals surface area contributed by atoms with Crippen molar-refractivity contribution in [2.45, 2.75) is 38.5 Å². The minimum absolute atomic E-state index is 0.00324. The van der Waals surface area contributed by atoms with Gasteiger partial charge in [-0.05, 0) is 62.3 Å². The first-order valence-corrected chi connectivity index (χ1v) is 10.6. The van der Waals surface area contributed by atoms with Crippen LogP contribution in [0.3, 0.4) is 0 Å². The van der Waals surface area contributed by atoms with Crippen molar-refractivity contribution >= 4 is 28.6 Å². The van der Waals surface area contributed by atoms with Gasteiger partial charge in [-0.1, -0.05) is 18.2 Å². The molecule has 4 fully saturated rings. The van der Waals surface area contributed by atoms with E-state index >= 15 is 0 Å². The van der Waals surface area contributed by atoms with Gasteiger partial charge >= 0.3 is 5.97 Å². The van der Waals surface area contributed by atoms with Crippen molar-refractivity contribution in [3.05, 3.63) is 36.0 Å². The Balaban J connectivity index is 1.14. The number of aromatic amines is 1. The number of ketones is 1. The van der Waals surface area contributed by atoms with E-state index in [0.29, 0.717) is 23.3 Å². The van der Waals surface area contributed by atoms with Gasteiger partial charge in [-0.3, -0.25) is 14.4 Å². The summed E-state index contributed by atoms with van der Waals surface area (Å²) in [6.07, 6.45) is 8.31. The molecular weight excluding hydrogens is 368 g/mol. The Bertz CT molecular complexity index is 941. The Kier molecular flexibility index (Phi) is 4.45. The number of H-pyrrole nitrogens is 1. The quantitative estimate of drug-likeness (QED) is 0.582. The van der Waals surface area contributed by atoms with Gasteiger partial charge in [0.25, 0.3) is 0 Å². The number of ether oxygens (including phenoxy) is 1. The molecule has 4 saturated carbocycles. The number of carbonyl (C=O) groups excluding carboxylic acids is 3. The van der Waals surface area contributed by atoms with Crippen molar-refractivity contribution < 1.29 is 19.1 Å². The number of aromatic nitrogens is 1. The zero-order chi connectivity index (χ0) is 20.0. The Morgan fingerprint density at radius 2 is 1.69 bits per heavy atom. The molecule has 152 valence electrons. The molecule has 0 atom stereocenters. The van der Waals surface area contributed by atoms with Crippen LogP contribution < -0.4 is 5.32 Å². The maximum absolute atomic E-state index is 12.9. The third-order valence-electron chi connectivity index (χ3n) is 7.17. The van der Waals surface area contributed by atoms with Crippen LogP contribution in [0.5, 0.6) is 0 Å². The van der Waals surface area contributed by atoms with Crippen LogP contribution in [0.2, 0.25) is 0 Å². The lowest BCUT2D eigenvalue weighted by molar-refractivity contribution is -0.150. The molecule has 1 aromatic heterocycles. The average molecular weight is 394 g/mol. The number of para-hydroxylation sites is 1. The molecule has 1 amide bonds. The molecule has 0 spiro atoms. The lowest BCUT2D eigenvalue weighted by Gasteiger charge is -2.55. The van der Waals surface area contributed by atoms with Gasteiger partial charge in [0, 0.05) is 28.1 Å². The number of fused-ring (bicyclic) bond motifs is 1. The van der Waals surface area contributed by atoms with Crippen LogP contribution in [0, 0.1) is 23.2 Å². The summed E-state index contributed by atoms with van der Waals surface area (Å²) in [7, 11) is 0.